The second kappa shape index (κ2) is 66.1. The number of carbonyl (C=O) groups excluding carboxylic acids is 3. The Balaban J connectivity index is 4.12. The van der Waals surface area contributed by atoms with Gasteiger partial charge in [-0.15, -0.1) is 0 Å². The highest BCUT2D eigenvalue weighted by Crippen LogP contribution is 2.18. The summed E-state index contributed by atoms with van der Waals surface area (Å²) in [6.07, 6.45) is 81.8. The zero-order valence-corrected chi connectivity index (χ0v) is 52.0. The molecule has 0 N–H and O–H groups in total. The Morgan fingerprint density at radius 2 is 0.468 bits per heavy atom. The van der Waals surface area contributed by atoms with Gasteiger partial charge in [0.2, 0.25) is 0 Å². The molecule has 0 heterocycles. The second-order valence-electron chi connectivity index (χ2n) is 23.4. The van der Waals surface area contributed by atoms with Crippen LogP contribution in [0.5, 0.6) is 0 Å². The zero-order valence-electron chi connectivity index (χ0n) is 52.0. The highest BCUT2D eigenvalue weighted by atomic mass is 16.6. The van der Waals surface area contributed by atoms with E-state index >= 15 is 0 Å². The van der Waals surface area contributed by atoms with E-state index in [4.69, 9.17) is 14.2 Å². The monoisotopic (exact) mass is 1080 g/mol. The molecule has 0 bridgehead atoms. The fourth-order valence-corrected chi connectivity index (χ4v) is 10.4. The lowest BCUT2D eigenvalue weighted by molar-refractivity contribution is -0.167. The van der Waals surface area contributed by atoms with Crippen LogP contribution in [0.25, 0.3) is 0 Å². The summed E-state index contributed by atoms with van der Waals surface area (Å²) in [6, 6.07) is 0. The predicted octanol–water partition coefficient (Wildman–Crippen LogP) is 23.6. The van der Waals surface area contributed by atoms with Crippen LogP contribution in [-0.2, 0) is 28.6 Å². The number of rotatable bonds is 64. The van der Waals surface area contributed by atoms with Gasteiger partial charge in [-0.3, -0.25) is 14.4 Å². The average Bonchev–Trinajstić information content (AvgIpc) is 3.43. The van der Waals surface area contributed by atoms with Crippen molar-refractivity contribution in [1.29, 1.82) is 0 Å². The van der Waals surface area contributed by atoms with E-state index in [1.54, 1.807) is 0 Å². The van der Waals surface area contributed by atoms with Crippen molar-refractivity contribution >= 4 is 17.9 Å². The Labute approximate surface area is 480 Å². The van der Waals surface area contributed by atoms with Gasteiger partial charge in [-0.05, 0) is 77.0 Å². The number of ether oxygens (including phenoxy) is 3. The summed E-state index contributed by atoms with van der Waals surface area (Å²) >= 11 is 0. The number of hydrogen-bond donors (Lipinski definition) is 0. The standard InChI is InChI=1S/C71H132O6/c1-4-7-10-13-16-19-22-25-27-29-30-31-32-33-34-35-36-37-38-39-40-41-42-43-45-46-49-52-55-58-61-64-70(73)76-67-68(66-75-69(72)63-60-57-54-51-48-24-21-18-15-12-9-6-3)77-71(74)65-62-59-56-53-50-47-44-28-26-23-20-17-14-11-8-5-2/h22,25,28-30,44,68H,4-21,23-24,26-27,31-43,45-67H2,1-3H3/b25-22-,30-29-,44-28-. The van der Waals surface area contributed by atoms with Gasteiger partial charge in [-0.25, -0.2) is 0 Å². The minimum atomic E-state index is -0.772. The molecule has 6 heteroatoms. The van der Waals surface area contributed by atoms with E-state index in [0.29, 0.717) is 19.3 Å². The van der Waals surface area contributed by atoms with Gasteiger partial charge in [0.15, 0.2) is 6.10 Å². The normalized spacial score (nSPS) is 12.2. The van der Waals surface area contributed by atoms with Gasteiger partial charge in [0.25, 0.3) is 0 Å². The number of esters is 3. The zero-order chi connectivity index (χ0) is 55.7. The van der Waals surface area contributed by atoms with E-state index in [1.807, 2.05) is 0 Å². The summed E-state index contributed by atoms with van der Waals surface area (Å²) < 4.78 is 16.9. The molecule has 452 valence electrons. The van der Waals surface area contributed by atoms with Crippen LogP contribution < -0.4 is 0 Å². The maximum Gasteiger partial charge on any atom is 0.306 e. The third-order valence-corrected chi connectivity index (χ3v) is 15.6. The van der Waals surface area contributed by atoms with E-state index in [2.05, 4.69) is 57.2 Å². The van der Waals surface area contributed by atoms with E-state index in [9.17, 15) is 14.4 Å². The number of hydrogen-bond acceptors (Lipinski definition) is 6. The molecule has 0 aromatic rings. The van der Waals surface area contributed by atoms with Crippen LogP contribution in [0.15, 0.2) is 36.5 Å². The van der Waals surface area contributed by atoms with Crippen molar-refractivity contribution in [3.8, 4) is 0 Å². The fraction of sp³-hybridized carbons (Fsp3) is 0.873. The SMILES string of the molecule is CCCCCCC/C=C\C/C=C\CCCCCCCCCCCCCCCCCCCCCC(=O)OCC(COC(=O)CCCCCCCCCCCCCC)OC(=O)CCCCCCC/C=C\CCCCCCCCC. The van der Waals surface area contributed by atoms with Gasteiger partial charge in [-0.1, -0.05) is 320 Å². The van der Waals surface area contributed by atoms with E-state index in [1.165, 1.54) is 270 Å². The fourth-order valence-electron chi connectivity index (χ4n) is 10.4. The lowest BCUT2D eigenvalue weighted by atomic mass is 10.0. The van der Waals surface area contributed by atoms with Crippen molar-refractivity contribution in [3.63, 3.8) is 0 Å². The van der Waals surface area contributed by atoms with Crippen molar-refractivity contribution in [1.82, 2.24) is 0 Å². The minimum absolute atomic E-state index is 0.0696. The van der Waals surface area contributed by atoms with Crippen molar-refractivity contribution in [3.05, 3.63) is 36.5 Å². The first kappa shape index (κ1) is 74.6. The average molecular weight is 1080 g/mol. The van der Waals surface area contributed by atoms with Crippen molar-refractivity contribution in [2.75, 3.05) is 13.2 Å². The van der Waals surface area contributed by atoms with E-state index in [-0.39, 0.29) is 31.1 Å². The minimum Gasteiger partial charge on any atom is -0.462 e. The molecule has 0 radical (unpaired) electrons. The van der Waals surface area contributed by atoms with Gasteiger partial charge in [0.1, 0.15) is 13.2 Å². The molecule has 77 heavy (non-hydrogen) atoms. The van der Waals surface area contributed by atoms with Crippen LogP contribution in [0, 0.1) is 0 Å². The number of carbonyl (C=O) groups is 3. The molecule has 0 aliphatic heterocycles. The number of unbranched alkanes of at least 4 members (excludes halogenated alkanes) is 47. The summed E-state index contributed by atoms with van der Waals surface area (Å²) in [4.78, 5) is 38.3. The van der Waals surface area contributed by atoms with Crippen LogP contribution in [0.2, 0.25) is 0 Å². The summed E-state index contributed by atoms with van der Waals surface area (Å²) in [7, 11) is 0. The largest absolute Gasteiger partial charge is 0.462 e. The van der Waals surface area contributed by atoms with Gasteiger partial charge < -0.3 is 14.2 Å². The molecule has 0 fully saturated rings. The Bertz CT molecular complexity index is 1290. The number of allylic oxidation sites excluding steroid dienone is 6. The molecule has 0 aromatic heterocycles. The van der Waals surface area contributed by atoms with Crippen LogP contribution in [0.1, 0.15) is 380 Å². The topological polar surface area (TPSA) is 78.9 Å². The molecule has 0 aliphatic rings. The van der Waals surface area contributed by atoms with Crippen LogP contribution in [0.3, 0.4) is 0 Å². The highest BCUT2D eigenvalue weighted by molar-refractivity contribution is 5.71. The molecule has 0 rings (SSSR count). The van der Waals surface area contributed by atoms with Gasteiger partial charge in [0, 0.05) is 19.3 Å². The first-order valence-electron chi connectivity index (χ1n) is 34.5. The van der Waals surface area contributed by atoms with Gasteiger partial charge in [-0.2, -0.15) is 0 Å². The highest BCUT2D eigenvalue weighted by Gasteiger charge is 2.19. The molecule has 0 spiro atoms. The van der Waals surface area contributed by atoms with Crippen LogP contribution in [0.4, 0.5) is 0 Å². The van der Waals surface area contributed by atoms with Crippen LogP contribution >= 0.6 is 0 Å². The smallest absolute Gasteiger partial charge is 0.306 e. The lowest BCUT2D eigenvalue weighted by Gasteiger charge is -2.18. The lowest BCUT2D eigenvalue weighted by Crippen LogP contribution is -2.30. The quantitative estimate of drug-likeness (QED) is 0.0261. The summed E-state index contributed by atoms with van der Waals surface area (Å²) in [5.41, 5.74) is 0. The molecular formula is C71H132O6. The van der Waals surface area contributed by atoms with Crippen molar-refractivity contribution in [2.24, 2.45) is 0 Å². The molecule has 0 aromatic carbocycles. The third-order valence-electron chi connectivity index (χ3n) is 15.6. The van der Waals surface area contributed by atoms with Crippen molar-refractivity contribution < 1.29 is 28.6 Å². The predicted molar refractivity (Wildman–Crippen MR) is 335 cm³/mol. The first-order valence-corrected chi connectivity index (χ1v) is 34.5. The third kappa shape index (κ3) is 64.3. The first-order chi connectivity index (χ1) is 38.0. The second-order valence-corrected chi connectivity index (χ2v) is 23.4. The Hall–Kier alpha value is -2.37. The summed E-state index contributed by atoms with van der Waals surface area (Å²) in [5.74, 6) is -0.852. The molecule has 0 aliphatic carbocycles. The molecule has 0 saturated heterocycles. The van der Waals surface area contributed by atoms with Crippen molar-refractivity contribution in [2.45, 2.75) is 386 Å². The van der Waals surface area contributed by atoms with Crippen LogP contribution in [-0.4, -0.2) is 37.2 Å². The Morgan fingerprint density at radius 3 is 0.727 bits per heavy atom. The summed E-state index contributed by atoms with van der Waals surface area (Å²) in [6.45, 7) is 6.68. The van der Waals surface area contributed by atoms with Gasteiger partial charge in [0.05, 0.1) is 0 Å². The molecule has 1 unspecified atom stereocenters. The molecule has 6 nitrogen and oxygen atoms in total. The van der Waals surface area contributed by atoms with E-state index in [0.717, 1.165) is 70.6 Å². The van der Waals surface area contributed by atoms with E-state index < -0.39 is 6.10 Å². The van der Waals surface area contributed by atoms with Gasteiger partial charge >= 0.3 is 17.9 Å². The molecule has 0 amide bonds. The molecule has 0 saturated carbocycles. The Morgan fingerprint density at radius 1 is 0.260 bits per heavy atom. The molecule has 1 atom stereocenters. The maximum absolute atomic E-state index is 12.9. The molecular weight excluding hydrogens is 949 g/mol. The maximum atomic E-state index is 12.9. The summed E-state index contributed by atoms with van der Waals surface area (Å²) in [5, 5.41) is 0. The Kier molecular flexibility index (Phi) is 64.1.